The maximum absolute atomic E-state index is 12.8. The van der Waals surface area contributed by atoms with E-state index in [0.717, 1.165) is 21.0 Å². The van der Waals surface area contributed by atoms with Crippen LogP contribution in [0.5, 0.6) is 0 Å². The van der Waals surface area contributed by atoms with E-state index in [0.29, 0.717) is 27.0 Å². The molecule has 0 aliphatic heterocycles. The zero-order valence-electron chi connectivity index (χ0n) is 14.2. The second kappa shape index (κ2) is 7.31. The quantitative estimate of drug-likeness (QED) is 0.374. The third kappa shape index (κ3) is 3.32. The number of halogens is 2. The van der Waals surface area contributed by atoms with Gasteiger partial charge in [-0.05, 0) is 35.0 Å². The fourth-order valence-corrected chi connectivity index (χ4v) is 4.48. The molecule has 0 saturated carbocycles. The van der Waals surface area contributed by atoms with Gasteiger partial charge < -0.3 is 4.57 Å². The standard InChI is InChI=1S/C21H14Cl2N2OS/c1-2-11-25-19-17(10-9-16(22)18(19)23)27-21(25)24-20(26)15-8-7-13-5-3-4-6-14(13)12-15/h2-10,12H,1,11H2. The first-order valence-electron chi connectivity index (χ1n) is 8.24. The second-order valence-electron chi connectivity index (χ2n) is 5.97. The van der Waals surface area contributed by atoms with E-state index in [1.165, 1.54) is 11.3 Å². The number of amides is 1. The number of benzene rings is 3. The fraction of sp³-hybridized carbons (Fsp3) is 0.0476. The summed E-state index contributed by atoms with van der Waals surface area (Å²) < 4.78 is 2.77. The summed E-state index contributed by atoms with van der Waals surface area (Å²) in [6.07, 6.45) is 1.74. The molecule has 0 N–H and O–H groups in total. The van der Waals surface area contributed by atoms with Crippen LogP contribution in [0.2, 0.25) is 10.0 Å². The summed E-state index contributed by atoms with van der Waals surface area (Å²) in [5, 5.41) is 3.00. The van der Waals surface area contributed by atoms with Crippen molar-refractivity contribution in [3.05, 3.63) is 87.7 Å². The molecule has 0 atom stereocenters. The minimum atomic E-state index is -0.299. The number of carbonyl (C=O) groups excluding carboxylic acids is 1. The molecule has 3 nitrogen and oxygen atoms in total. The summed E-state index contributed by atoms with van der Waals surface area (Å²) >= 11 is 14.0. The molecule has 0 aliphatic carbocycles. The molecule has 0 radical (unpaired) electrons. The molecule has 0 saturated heterocycles. The molecular formula is C21H14Cl2N2OS. The molecule has 0 spiro atoms. The van der Waals surface area contributed by atoms with E-state index in [-0.39, 0.29) is 5.91 Å². The van der Waals surface area contributed by atoms with Gasteiger partial charge in [0.05, 0.1) is 20.3 Å². The van der Waals surface area contributed by atoms with Gasteiger partial charge in [0.1, 0.15) is 0 Å². The lowest BCUT2D eigenvalue weighted by Gasteiger charge is -2.04. The summed E-state index contributed by atoms with van der Waals surface area (Å²) in [6, 6.07) is 17.1. The van der Waals surface area contributed by atoms with Gasteiger partial charge in [0, 0.05) is 12.1 Å². The van der Waals surface area contributed by atoms with Gasteiger partial charge >= 0.3 is 0 Å². The zero-order chi connectivity index (χ0) is 19.0. The molecule has 1 aromatic heterocycles. The van der Waals surface area contributed by atoms with Gasteiger partial charge in [-0.25, -0.2) is 0 Å². The Hall–Kier alpha value is -2.40. The number of fused-ring (bicyclic) bond motifs is 2. The predicted octanol–water partition coefficient (Wildman–Crippen LogP) is 6.09. The van der Waals surface area contributed by atoms with E-state index in [4.69, 9.17) is 23.2 Å². The Morgan fingerprint density at radius 3 is 2.67 bits per heavy atom. The summed E-state index contributed by atoms with van der Waals surface area (Å²) in [6.45, 7) is 4.26. The number of thiazole rings is 1. The number of aromatic nitrogens is 1. The molecule has 3 aromatic carbocycles. The van der Waals surface area contributed by atoms with Crippen molar-refractivity contribution in [3.8, 4) is 0 Å². The molecule has 4 aromatic rings. The van der Waals surface area contributed by atoms with Crippen molar-refractivity contribution in [3.63, 3.8) is 0 Å². The van der Waals surface area contributed by atoms with E-state index in [1.807, 2.05) is 47.0 Å². The van der Waals surface area contributed by atoms with E-state index in [2.05, 4.69) is 11.6 Å². The predicted molar refractivity (Wildman–Crippen MR) is 114 cm³/mol. The van der Waals surface area contributed by atoms with Crippen molar-refractivity contribution < 1.29 is 4.79 Å². The van der Waals surface area contributed by atoms with Gasteiger partial charge in [-0.2, -0.15) is 4.99 Å². The lowest BCUT2D eigenvalue weighted by atomic mass is 10.1. The van der Waals surface area contributed by atoms with Gasteiger partial charge in [-0.15, -0.1) is 6.58 Å². The average molecular weight is 413 g/mol. The highest BCUT2D eigenvalue weighted by Gasteiger charge is 2.13. The van der Waals surface area contributed by atoms with E-state index in [9.17, 15) is 4.79 Å². The zero-order valence-corrected chi connectivity index (χ0v) is 16.5. The molecule has 1 heterocycles. The van der Waals surface area contributed by atoms with Crippen LogP contribution in [0, 0.1) is 0 Å². The second-order valence-corrected chi connectivity index (χ2v) is 7.77. The molecule has 0 bridgehead atoms. The first-order valence-corrected chi connectivity index (χ1v) is 9.82. The largest absolute Gasteiger partial charge is 0.311 e. The molecule has 134 valence electrons. The van der Waals surface area contributed by atoms with Gasteiger partial charge in [-0.1, -0.05) is 70.9 Å². The van der Waals surface area contributed by atoms with Crippen LogP contribution in [0.25, 0.3) is 21.0 Å². The van der Waals surface area contributed by atoms with Crippen molar-refractivity contribution in [1.82, 2.24) is 4.57 Å². The Bertz CT molecular complexity index is 1270. The molecule has 6 heteroatoms. The van der Waals surface area contributed by atoms with E-state index in [1.54, 1.807) is 18.2 Å². The fourth-order valence-electron chi connectivity index (χ4n) is 2.96. The van der Waals surface area contributed by atoms with Crippen molar-refractivity contribution in [2.24, 2.45) is 4.99 Å². The van der Waals surface area contributed by atoms with Crippen LogP contribution in [0.15, 0.2) is 72.2 Å². The minimum absolute atomic E-state index is 0.299. The van der Waals surface area contributed by atoms with Crippen molar-refractivity contribution in [2.75, 3.05) is 0 Å². The van der Waals surface area contributed by atoms with Crippen LogP contribution < -0.4 is 4.80 Å². The molecule has 1 amide bonds. The number of nitrogens with zero attached hydrogens (tertiary/aromatic N) is 2. The van der Waals surface area contributed by atoms with E-state index < -0.39 is 0 Å². The number of carbonyl (C=O) groups is 1. The van der Waals surface area contributed by atoms with Gasteiger partial charge in [0.15, 0.2) is 4.80 Å². The Labute approximate surface area is 169 Å². The summed E-state index contributed by atoms with van der Waals surface area (Å²) in [5.41, 5.74) is 1.31. The van der Waals surface area contributed by atoms with Crippen molar-refractivity contribution >= 4 is 61.4 Å². The molecule has 4 rings (SSSR count). The molecule has 0 unspecified atom stereocenters. The lowest BCUT2D eigenvalue weighted by Crippen LogP contribution is -2.16. The Morgan fingerprint density at radius 1 is 1.11 bits per heavy atom. The molecule has 0 fully saturated rings. The molecular weight excluding hydrogens is 399 g/mol. The molecule has 0 aliphatic rings. The van der Waals surface area contributed by atoms with Crippen molar-refractivity contribution in [2.45, 2.75) is 6.54 Å². The number of hydrogen-bond donors (Lipinski definition) is 0. The van der Waals surface area contributed by atoms with Crippen LogP contribution in [0.1, 0.15) is 10.4 Å². The van der Waals surface area contributed by atoms with Crippen LogP contribution in [-0.4, -0.2) is 10.5 Å². The van der Waals surface area contributed by atoms with Gasteiger partial charge in [0.25, 0.3) is 5.91 Å². The summed E-state index contributed by atoms with van der Waals surface area (Å²) in [4.78, 5) is 17.7. The average Bonchev–Trinajstić information content (AvgIpc) is 3.02. The Morgan fingerprint density at radius 2 is 1.89 bits per heavy atom. The number of rotatable bonds is 3. The number of allylic oxidation sites excluding steroid dienone is 1. The monoisotopic (exact) mass is 412 g/mol. The maximum Gasteiger partial charge on any atom is 0.279 e. The highest BCUT2D eigenvalue weighted by Crippen LogP contribution is 2.32. The Kier molecular flexibility index (Phi) is 4.87. The van der Waals surface area contributed by atoms with Gasteiger partial charge in [-0.3, -0.25) is 4.79 Å². The smallest absolute Gasteiger partial charge is 0.279 e. The van der Waals surface area contributed by atoms with E-state index >= 15 is 0 Å². The first-order chi connectivity index (χ1) is 13.1. The SMILES string of the molecule is C=CCn1c(=NC(=O)c2ccc3ccccc3c2)sc2ccc(Cl)c(Cl)c21. The Balaban J connectivity index is 1.88. The summed E-state index contributed by atoms with van der Waals surface area (Å²) in [5.74, 6) is -0.299. The highest BCUT2D eigenvalue weighted by molar-refractivity contribution is 7.16. The molecule has 27 heavy (non-hydrogen) atoms. The topological polar surface area (TPSA) is 34.4 Å². The van der Waals surface area contributed by atoms with Crippen molar-refractivity contribution in [1.29, 1.82) is 0 Å². The van der Waals surface area contributed by atoms with Gasteiger partial charge in [0.2, 0.25) is 0 Å². The van der Waals surface area contributed by atoms with Crippen LogP contribution >= 0.6 is 34.5 Å². The minimum Gasteiger partial charge on any atom is -0.311 e. The first kappa shape index (κ1) is 18.0. The highest BCUT2D eigenvalue weighted by atomic mass is 35.5. The van der Waals surface area contributed by atoms with Crippen LogP contribution in [0.4, 0.5) is 0 Å². The van der Waals surface area contributed by atoms with Crippen LogP contribution in [0.3, 0.4) is 0 Å². The summed E-state index contributed by atoms with van der Waals surface area (Å²) in [7, 11) is 0. The van der Waals surface area contributed by atoms with Crippen LogP contribution in [-0.2, 0) is 6.54 Å². The maximum atomic E-state index is 12.8. The lowest BCUT2D eigenvalue weighted by molar-refractivity contribution is 0.0998. The normalized spacial score (nSPS) is 12.0. The number of hydrogen-bond acceptors (Lipinski definition) is 2. The third-order valence-corrected chi connectivity index (χ3v) is 6.08. The third-order valence-electron chi connectivity index (χ3n) is 4.24.